The topological polar surface area (TPSA) is 85.0 Å². The van der Waals surface area contributed by atoms with E-state index in [9.17, 15) is 8.42 Å². The van der Waals surface area contributed by atoms with Gasteiger partial charge in [0, 0.05) is 6.04 Å². The Bertz CT molecular complexity index is 359. The van der Waals surface area contributed by atoms with Gasteiger partial charge in [0.05, 0.1) is 11.5 Å². The quantitative estimate of drug-likeness (QED) is 0.571. The highest BCUT2D eigenvalue weighted by Crippen LogP contribution is 2.11. The highest BCUT2D eigenvalue weighted by Gasteiger charge is 2.28. The maximum absolute atomic E-state index is 11.1. The van der Waals surface area contributed by atoms with Gasteiger partial charge in [0.25, 0.3) is 0 Å². The minimum Gasteiger partial charge on any atom is -0.349 e. The summed E-state index contributed by atoms with van der Waals surface area (Å²) in [4.78, 5) is 0. The average Bonchev–Trinajstić information content (AvgIpc) is 2.61. The predicted molar refractivity (Wildman–Crippen MR) is 48.3 cm³/mol. The summed E-state index contributed by atoms with van der Waals surface area (Å²) in [5, 5.41) is 13.9. The van der Waals surface area contributed by atoms with Crippen LogP contribution in [0.4, 0.5) is 0 Å². The molecule has 1 radical (unpaired) electrons. The van der Waals surface area contributed by atoms with Crippen LogP contribution in [0.5, 0.6) is 0 Å². The van der Waals surface area contributed by atoms with Gasteiger partial charge in [-0.15, -0.1) is 10.2 Å². The summed E-state index contributed by atoms with van der Waals surface area (Å²) in [6.07, 6.45) is 1.95. The molecule has 6 nitrogen and oxygen atoms in total. The summed E-state index contributed by atoms with van der Waals surface area (Å²) in [7, 11) is -2.84. The molecule has 0 aromatic heterocycles. The molecule has 0 amide bonds. The molecule has 1 fully saturated rings. The van der Waals surface area contributed by atoms with Crippen LogP contribution in [0.25, 0.3) is 0 Å². The van der Waals surface area contributed by atoms with Crippen LogP contribution in [0, 0.1) is 0 Å². The third-order valence-corrected chi connectivity index (χ3v) is 3.72. The zero-order valence-electron chi connectivity index (χ0n) is 6.84. The number of nitrogens with one attached hydrogen (secondary N) is 1. The Morgan fingerprint density at radius 2 is 2.38 bits per heavy atom. The SMILES string of the molecule is O=S1(=O)CCC(NC2=NN=C[N]2)C1. The molecular weight excluding hydrogens is 192 g/mol. The molecule has 0 bridgehead atoms. The number of sulfone groups is 1. The van der Waals surface area contributed by atoms with Crippen LogP contribution in [-0.2, 0) is 9.84 Å². The van der Waals surface area contributed by atoms with Crippen LogP contribution in [0.15, 0.2) is 10.2 Å². The fourth-order valence-electron chi connectivity index (χ4n) is 1.34. The Kier molecular flexibility index (Phi) is 1.95. The van der Waals surface area contributed by atoms with Crippen molar-refractivity contribution in [3.05, 3.63) is 0 Å². The summed E-state index contributed by atoms with van der Waals surface area (Å²) >= 11 is 0. The van der Waals surface area contributed by atoms with Crippen molar-refractivity contribution in [3.8, 4) is 0 Å². The van der Waals surface area contributed by atoms with Gasteiger partial charge >= 0.3 is 0 Å². The lowest BCUT2D eigenvalue weighted by Crippen LogP contribution is -2.38. The van der Waals surface area contributed by atoms with E-state index in [4.69, 9.17) is 0 Å². The van der Waals surface area contributed by atoms with E-state index in [0.717, 1.165) is 0 Å². The van der Waals surface area contributed by atoms with Crippen molar-refractivity contribution < 1.29 is 8.42 Å². The molecule has 7 heteroatoms. The highest BCUT2D eigenvalue weighted by molar-refractivity contribution is 7.91. The molecule has 0 spiro atoms. The van der Waals surface area contributed by atoms with Gasteiger partial charge in [0.15, 0.2) is 9.84 Å². The molecular formula is C6H9N4O2S. The molecule has 2 rings (SSSR count). The summed E-state index contributed by atoms with van der Waals surface area (Å²) in [6.45, 7) is 0. The summed E-state index contributed by atoms with van der Waals surface area (Å²) in [6, 6.07) is -0.0609. The van der Waals surface area contributed by atoms with Crippen molar-refractivity contribution in [2.24, 2.45) is 10.2 Å². The van der Waals surface area contributed by atoms with Crippen molar-refractivity contribution in [2.75, 3.05) is 11.5 Å². The first-order chi connectivity index (χ1) is 6.16. The van der Waals surface area contributed by atoms with Crippen LogP contribution in [0.3, 0.4) is 0 Å². The van der Waals surface area contributed by atoms with Crippen LogP contribution in [0.2, 0.25) is 0 Å². The third kappa shape index (κ3) is 1.97. The third-order valence-electron chi connectivity index (χ3n) is 1.95. The van der Waals surface area contributed by atoms with E-state index < -0.39 is 9.84 Å². The number of nitrogens with zero attached hydrogens (tertiary/aromatic N) is 3. The van der Waals surface area contributed by atoms with Crippen molar-refractivity contribution in [1.82, 2.24) is 10.6 Å². The molecule has 1 atom stereocenters. The van der Waals surface area contributed by atoms with E-state index in [-0.39, 0.29) is 17.5 Å². The van der Waals surface area contributed by atoms with Gasteiger partial charge in [-0.2, -0.15) is 5.32 Å². The standard InChI is InChI=1S/C6H9N4O2S/c11-13(12)2-1-5(3-13)9-6-7-4-8-10-6/h4-5H,1-3H2,(H,9,10). The molecule has 0 saturated carbocycles. The summed E-state index contributed by atoms with van der Waals surface area (Å²) in [5.41, 5.74) is 0. The molecule has 0 aromatic rings. The summed E-state index contributed by atoms with van der Waals surface area (Å²) in [5.74, 6) is 0.822. The number of hydrogen-bond donors (Lipinski definition) is 1. The number of hydrogen-bond acceptors (Lipinski definition) is 5. The Balaban J connectivity index is 1.91. The van der Waals surface area contributed by atoms with E-state index >= 15 is 0 Å². The van der Waals surface area contributed by atoms with Crippen molar-refractivity contribution in [2.45, 2.75) is 12.5 Å². The van der Waals surface area contributed by atoms with Crippen molar-refractivity contribution >= 4 is 22.1 Å². The molecule has 1 saturated heterocycles. The minimum absolute atomic E-state index is 0.0609. The number of rotatable bonds is 1. The Hall–Kier alpha value is -1.11. The fourth-order valence-corrected chi connectivity index (χ4v) is 3.02. The van der Waals surface area contributed by atoms with Gasteiger partial charge in [-0.25, -0.2) is 8.42 Å². The van der Waals surface area contributed by atoms with Gasteiger partial charge in [-0.05, 0) is 6.42 Å². The molecule has 0 aliphatic carbocycles. The Labute approximate surface area is 76.0 Å². The van der Waals surface area contributed by atoms with Gasteiger partial charge in [0.2, 0.25) is 5.96 Å². The maximum Gasteiger partial charge on any atom is 0.244 e. The van der Waals surface area contributed by atoms with Crippen molar-refractivity contribution in [1.29, 1.82) is 0 Å². The van der Waals surface area contributed by atoms with E-state index in [1.165, 1.54) is 6.34 Å². The molecule has 1 unspecified atom stereocenters. The lowest BCUT2D eigenvalue weighted by atomic mass is 10.3. The Morgan fingerprint density at radius 1 is 1.54 bits per heavy atom. The van der Waals surface area contributed by atoms with Crippen LogP contribution in [0.1, 0.15) is 6.42 Å². The molecule has 0 aromatic carbocycles. The van der Waals surface area contributed by atoms with E-state index in [2.05, 4.69) is 20.8 Å². The first-order valence-corrected chi connectivity index (χ1v) is 5.75. The maximum atomic E-state index is 11.1. The largest absolute Gasteiger partial charge is 0.349 e. The second kappa shape index (κ2) is 2.99. The second-order valence-electron chi connectivity index (χ2n) is 3.03. The first kappa shape index (κ1) is 8.49. The fraction of sp³-hybridized carbons (Fsp3) is 0.667. The van der Waals surface area contributed by atoms with Gasteiger partial charge in [0.1, 0.15) is 6.34 Å². The lowest BCUT2D eigenvalue weighted by molar-refractivity contribution is 0.600. The van der Waals surface area contributed by atoms with Crippen LogP contribution >= 0.6 is 0 Å². The van der Waals surface area contributed by atoms with Gasteiger partial charge < -0.3 is 5.32 Å². The first-order valence-electron chi connectivity index (χ1n) is 3.93. The molecule has 2 aliphatic rings. The van der Waals surface area contributed by atoms with Crippen LogP contribution < -0.4 is 10.6 Å². The highest BCUT2D eigenvalue weighted by atomic mass is 32.2. The molecule has 13 heavy (non-hydrogen) atoms. The van der Waals surface area contributed by atoms with Gasteiger partial charge in [-0.1, -0.05) is 0 Å². The lowest BCUT2D eigenvalue weighted by Gasteiger charge is -2.08. The van der Waals surface area contributed by atoms with E-state index in [1.54, 1.807) is 0 Å². The molecule has 2 aliphatic heterocycles. The van der Waals surface area contributed by atoms with E-state index in [0.29, 0.717) is 12.4 Å². The second-order valence-corrected chi connectivity index (χ2v) is 5.26. The summed E-state index contributed by atoms with van der Waals surface area (Å²) < 4.78 is 22.1. The smallest absolute Gasteiger partial charge is 0.244 e. The average molecular weight is 201 g/mol. The molecule has 71 valence electrons. The van der Waals surface area contributed by atoms with E-state index in [1.807, 2.05) is 0 Å². The monoisotopic (exact) mass is 201 g/mol. The zero-order chi connectivity index (χ0) is 9.31. The normalized spacial score (nSPS) is 29.8. The zero-order valence-corrected chi connectivity index (χ0v) is 7.66. The molecule has 2 heterocycles. The molecule has 1 N–H and O–H groups in total. The number of guanidine groups is 1. The predicted octanol–water partition coefficient (Wildman–Crippen LogP) is -1.32. The van der Waals surface area contributed by atoms with Crippen molar-refractivity contribution in [3.63, 3.8) is 0 Å². The Morgan fingerprint density at radius 3 is 2.92 bits per heavy atom. The van der Waals surface area contributed by atoms with Crippen LogP contribution in [-0.4, -0.2) is 38.3 Å². The van der Waals surface area contributed by atoms with Gasteiger partial charge in [-0.3, -0.25) is 0 Å². The minimum atomic E-state index is -2.84.